The highest BCUT2D eigenvalue weighted by Crippen LogP contribution is 2.31. The predicted molar refractivity (Wildman–Crippen MR) is 81.9 cm³/mol. The van der Waals surface area contributed by atoms with Crippen molar-refractivity contribution < 1.29 is 9.72 Å². The molecule has 5 nitrogen and oxygen atoms in total. The van der Waals surface area contributed by atoms with Crippen molar-refractivity contribution in [1.82, 2.24) is 5.32 Å². The van der Waals surface area contributed by atoms with E-state index in [0.29, 0.717) is 12.5 Å². The molecule has 0 radical (unpaired) electrons. The first kappa shape index (κ1) is 15.8. The van der Waals surface area contributed by atoms with Gasteiger partial charge in [0.15, 0.2) is 0 Å². The molecule has 1 atom stereocenters. The van der Waals surface area contributed by atoms with Gasteiger partial charge in [-0.05, 0) is 25.2 Å². The van der Waals surface area contributed by atoms with Crippen LogP contribution in [0.1, 0.15) is 29.6 Å². The number of nitro groups is 1. The summed E-state index contributed by atoms with van der Waals surface area (Å²) < 4.78 is 0. The number of amides is 1. The molecule has 0 heterocycles. The normalized spacial score (nSPS) is 17.5. The summed E-state index contributed by atoms with van der Waals surface area (Å²) in [6.45, 7) is 0.514. The van der Waals surface area contributed by atoms with Crippen LogP contribution in [0, 0.1) is 16.0 Å². The zero-order valence-electron chi connectivity index (χ0n) is 11.1. The number of nitrogens with zero attached hydrogens (tertiary/aromatic N) is 1. The second-order valence-corrected chi connectivity index (χ2v) is 5.69. The van der Waals surface area contributed by atoms with Crippen LogP contribution >= 0.6 is 23.2 Å². The number of nitrogens with one attached hydrogen (secondary N) is 1. The van der Waals surface area contributed by atoms with Gasteiger partial charge in [-0.25, -0.2) is 0 Å². The fraction of sp³-hybridized carbons (Fsp3) is 0.357. The molecule has 21 heavy (non-hydrogen) atoms. The van der Waals surface area contributed by atoms with E-state index in [0.717, 1.165) is 31.4 Å². The molecule has 0 saturated carbocycles. The molecule has 2 rings (SSSR count). The maximum atomic E-state index is 12.1. The summed E-state index contributed by atoms with van der Waals surface area (Å²) in [5.74, 6) is -0.0629. The fourth-order valence-electron chi connectivity index (χ4n) is 2.22. The van der Waals surface area contributed by atoms with Gasteiger partial charge >= 0.3 is 0 Å². The average molecular weight is 329 g/mol. The van der Waals surface area contributed by atoms with E-state index in [-0.39, 0.29) is 21.3 Å². The minimum Gasteiger partial charge on any atom is -0.352 e. The second-order valence-electron chi connectivity index (χ2n) is 4.91. The number of hydrogen-bond acceptors (Lipinski definition) is 3. The van der Waals surface area contributed by atoms with E-state index in [9.17, 15) is 14.9 Å². The second kappa shape index (κ2) is 6.91. The van der Waals surface area contributed by atoms with Gasteiger partial charge in [0.05, 0.1) is 20.5 Å². The summed E-state index contributed by atoms with van der Waals surface area (Å²) in [7, 11) is 0. The van der Waals surface area contributed by atoms with Crippen LogP contribution in [0.2, 0.25) is 10.0 Å². The lowest BCUT2D eigenvalue weighted by molar-refractivity contribution is -0.384. The number of rotatable bonds is 4. The van der Waals surface area contributed by atoms with Gasteiger partial charge in [-0.1, -0.05) is 35.4 Å². The van der Waals surface area contributed by atoms with Gasteiger partial charge in [0.2, 0.25) is 0 Å². The minimum absolute atomic E-state index is 0.00313. The molecule has 112 valence electrons. The molecule has 0 aliphatic heterocycles. The summed E-state index contributed by atoms with van der Waals surface area (Å²) in [5, 5.41) is 13.6. The van der Waals surface area contributed by atoms with E-state index in [4.69, 9.17) is 23.2 Å². The van der Waals surface area contributed by atoms with Crippen LogP contribution in [0.3, 0.4) is 0 Å². The first-order valence-corrected chi connectivity index (χ1v) is 7.31. The monoisotopic (exact) mass is 328 g/mol. The largest absolute Gasteiger partial charge is 0.352 e. The third kappa shape index (κ3) is 3.95. The lowest BCUT2D eigenvalue weighted by atomic mass is 9.94. The highest BCUT2D eigenvalue weighted by atomic mass is 35.5. The molecule has 1 aromatic rings. The Morgan fingerprint density at radius 3 is 2.76 bits per heavy atom. The predicted octanol–water partition coefficient (Wildman–Crippen LogP) is 3.99. The van der Waals surface area contributed by atoms with E-state index in [1.54, 1.807) is 0 Å². The van der Waals surface area contributed by atoms with Gasteiger partial charge in [-0.15, -0.1) is 0 Å². The number of benzene rings is 1. The van der Waals surface area contributed by atoms with Crippen molar-refractivity contribution in [2.45, 2.75) is 19.3 Å². The summed E-state index contributed by atoms with van der Waals surface area (Å²) in [6.07, 6.45) is 7.15. The van der Waals surface area contributed by atoms with Gasteiger partial charge in [0.1, 0.15) is 0 Å². The molecule has 0 spiro atoms. The first-order chi connectivity index (χ1) is 9.99. The molecule has 0 aromatic heterocycles. The molecule has 0 fully saturated rings. The highest BCUT2D eigenvalue weighted by Gasteiger charge is 2.20. The Bertz CT molecular complexity index is 602. The molecule has 0 bridgehead atoms. The van der Waals surface area contributed by atoms with Crippen LogP contribution in [0.4, 0.5) is 5.69 Å². The SMILES string of the molecule is O=C(NCC1CC=CCC1)c1cc([N+](=O)[O-])cc(Cl)c1Cl. The molecule has 1 aliphatic rings. The molecular weight excluding hydrogens is 315 g/mol. The van der Waals surface area contributed by atoms with Gasteiger partial charge in [0.25, 0.3) is 11.6 Å². The Morgan fingerprint density at radius 2 is 2.14 bits per heavy atom. The van der Waals surface area contributed by atoms with Crippen molar-refractivity contribution in [3.8, 4) is 0 Å². The number of nitro benzene ring substituents is 1. The van der Waals surface area contributed by atoms with E-state index < -0.39 is 10.8 Å². The Morgan fingerprint density at radius 1 is 1.38 bits per heavy atom. The third-order valence-corrected chi connectivity index (χ3v) is 4.20. The standard InChI is InChI=1S/C14H14Cl2N2O3/c15-12-7-10(18(20)21)6-11(13(12)16)14(19)17-8-9-4-2-1-3-5-9/h1-2,6-7,9H,3-5,8H2,(H,17,19). The molecule has 1 aromatic carbocycles. The first-order valence-electron chi connectivity index (χ1n) is 6.55. The van der Waals surface area contributed by atoms with E-state index in [2.05, 4.69) is 17.5 Å². The Labute approximate surface area is 132 Å². The van der Waals surface area contributed by atoms with Crippen LogP contribution < -0.4 is 5.32 Å². The number of hydrogen-bond donors (Lipinski definition) is 1. The molecule has 0 saturated heterocycles. The zero-order valence-corrected chi connectivity index (χ0v) is 12.7. The van der Waals surface area contributed by atoms with Crippen LogP contribution in [0.25, 0.3) is 0 Å². The van der Waals surface area contributed by atoms with Gasteiger partial charge < -0.3 is 5.32 Å². The third-order valence-electron chi connectivity index (χ3n) is 3.40. The quantitative estimate of drug-likeness (QED) is 0.516. The lowest BCUT2D eigenvalue weighted by Gasteiger charge is -2.18. The molecule has 7 heteroatoms. The zero-order chi connectivity index (χ0) is 15.4. The highest BCUT2D eigenvalue weighted by molar-refractivity contribution is 6.44. The molecule has 1 aliphatic carbocycles. The van der Waals surface area contributed by atoms with Crippen molar-refractivity contribution in [2.75, 3.05) is 6.54 Å². The number of carbonyl (C=O) groups excluding carboxylic acids is 1. The van der Waals surface area contributed by atoms with Crippen molar-refractivity contribution >= 4 is 34.8 Å². The summed E-state index contributed by atoms with van der Waals surface area (Å²) >= 11 is 11.8. The number of carbonyl (C=O) groups is 1. The van der Waals surface area contributed by atoms with Crippen LogP contribution in [0.5, 0.6) is 0 Å². The maximum absolute atomic E-state index is 12.1. The number of allylic oxidation sites excluding steroid dienone is 2. The van der Waals surface area contributed by atoms with E-state index >= 15 is 0 Å². The number of non-ortho nitro benzene ring substituents is 1. The van der Waals surface area contributed by atoms with Crippen molar-refractivity contribution in [2.24, 2.45) is 5.92 Å². The molecule has 1 N–H and O–H groups in total. The van der Waals surface area contributed by atoms with Gasteiger partial charge in [0, 0.05) is 18.7 Å². The Balaban J connectivity index is 2.11. The maximum Gasteiger partial charge on any atom is 0.271 e. The molecule has 1 unspecified atom stereocenters. The van der Waals surface area contributed by atoms with Crippen LogP contribution in [-0.2, 0) is 0 Å². The average Bonchev–Trinajstić information content (AvgIpc) is 2.48. The topological polar surface area (TPSA) is 72.2 Å². The van der Waals surface area contributed by atoms with Crippen molar-refractivity contribution in [3.05, 3.63) is 50.0 Å². The minimum atomic E-state index is -0.606. The van der Waals surface area contributed by atoms with Gasteiger partial charge in [-0.3, -0.25) is 14.9 Å². The summed E-state index contributed by atoms with van der Waals surface area (Å²) in [6, 6.07) is 2.27. The summed E-state index contributed by atoms with van der Waals surface area (Å²) in [4.78, 5) is 22.3. The van der Waals surface area contributed by atoms with E-state index in [1.807, 2.05) is 0 Å². The van der Waals surface area contributed by atoms with E-state index in [1.165, 1.54) is 0 Å². The van der Waals surface area contributed by atoms with Crippen LogP contribution in [-0.4, -0.2) is 17.4 Å². The summed E-state index contributed by atoms with van der Waals surface area (Å²) in [5.41, 5.74) is -0.225. The van der Waals surface area contributed by atoms with Crippen molar-refractivity contribution in [3.63, 3.8) is 0 Å². The lowest BCUT2D eigenvalue weighted by Crippen LogP contribution is -2.30. The van der Waals surface area contributed by atoms with Crippen molar-refractivity contribution in [1.29, 1.82) is 0 Å². The van der Waals surface area contributed by atoms with Gasteiger partial charge in [-0.2, -0.15) is 0 Å². The Hall–Kier alpha value is -1.59. The van der Waals surface area contributed by atoms with Crippen LogP contribution in [0.15, 0.2) is 24.3 Å². The number of halogens is 2. The smallest absolute Gasteiger partial charge is 0.271 e. The fourth-order valence-corrected chi connectivity index (χ4v) is 2.63. The Kier molecular flexibility index (Phi) is 5.20. The molecular formula is C14H14Cl2N2O3. The molecule has 1 amide bonds.